The summed E-state index contributed by atoms with van der Waals surface area (Å²) in [5, 5.41) is 6.53. The predicted octanol–water partition coefficient (Wildman–Crippen LogP) is 1.51. The zero-order chi connectivity index (χ0) is 16.6. The monoisotopic (exact) mass is 328 g/mol. The van der Waals surface area contributed by atoms with Gasteiger partial charge in [-0.15, -0.1) is 0 Å². The fourth-order valence-corrected chi connectivity index (χ4v) is 3.97. The number of likely N-dealkylation sites (tertiary alicyclic amines) is 2. The normalized spacial score (nSPS) is 23.1. The third-order valence-corrected chi connectivity index (χ3v) is 5.55. The summed E-state index contributed by atoms with van der Waals surface area (Å²) in [5.41, 5.74) is 1.38. The minimum atomic E-state index is -0.492. The summed E-state index contributed by atoms with van der Waals surface area (Å²) in [6.07, 6.45) is 3.28. The third-order valence-electron chi connectivity index (χ3n) is 5.55. The molecule has 0 radical (unpaired) electrons. The SMILES string of the molecule is O=C1CCCN1CCN1CCC2(CC1)Nc1ccccc1NC2=O. The lowest BCUT2D eigenvalue weighted by Crippen LogP contribution is -2.58. The summed E-state index contributed by atoms with van der Waals surface area (Å²) >= 11 is 0. The lowest BCUT2D eigenvalue weighted by atomic mass is 9.84. The number of carbonyl (C=O) groups is 2. The number of nitrogens with one attached hydrogen (secondary N) is 2. The fraction of sp³-hybridized carbons (Fsp3) is 0.556. The maximum absolute atomic E-state index is 12.6. The van der Waals surface area contributed by atoms with Gasteiger partial charge < -0.3 is 20.4 Å². The van der Waals surface area contributed by atoms with Gasteiger partial charge in [0.1, 0.15) is 5.54 Å². The Hall–Kier alpha value is -2.08. The first-order chi connectivity index (χ1) is 11.7. The van der Waals surface area contributed by atoms with Gasteiger partial charge >= 0.3 is 0 Å². The molecule has 6 nitrogen and oxygen atoms in total. The van der Waals surface area contributed by atoms with E-state index in [9.17, 15) is 9.59 Å². The number of benzene rings is 1. The molecular formula is C18H24N4O2. The Kier molecular flexibility index (Phi) is 3.92. The van der Waals surface area contributed by atoms with Crippen LogP contribution in [-0.2, 0) is 9.59 Å². The maximum Gasteiger partial charge on any atom is 0.250 e. The molecular weight excluding hydrogens is 304 g/mol. The largest absolute Gasteiger partial charge is 0.369 e. The van der Waals surface area contributed by atoms with Crippen molar-refractivity contribution in [2.45, 2.75) is 31.2 Å². The number of hydrogen-bond donors (Lipinski definition) is 2. The Balaban J connectivity index is 1.35. The van der Waals surface area contributed by atoms with Gasteiger partial charge in [0.2, 0.25) is 11.8 Å². The number of rotatable bonds is 3. The van der Waals surface area contributed by atoms with Gasteiger partial charge in [0.25, 0.3) is 0 Å². The van der Waals surface area contributed by atoms with E-state index in [2.05, 4.69) is 15.5 Å². The molecule has 0 unspecified atom stereocenters. The number of para-hydroxylation sites is 2. The van der Waals surface area contributed by atoms with Crippen molar-refractivity contribution in [1.82, 2.24) is 9.80 Å². The molecule has 3 heterocycles. The average Bonchev–Trinajstić information content (AvgIpc) is 3.00. The van der Waals surface area contributed by atoms with E-state index in [1.165, 1.54) is 0 Å². The molecule has 2 N–H and O–H groups in total. The van der Waals surface area contributed by atoms with Crippen LogP contribution in [0.15, 0.2) is 24.3 Å². The number of anilines is 2. The van der Waals surface area contributed by atoms with Crippen molar-refractivity contribution in [3.8, 4) is 0 Å². The molecule has 1 aromatic rings. The predicted molar refractivity (Wildman–Crippen MR) is 92.9 cm³/mol. The average molecular weight is 328 g/mol. The van der Waals surface area contributed by atoms with Crippen molar-refractivity contribution < 1.29 is 9.59 Å². The smallest absolute Gasteiger partial charge is 0.250 e. The lowest BCUT2D eigenvalue weighted by Gasteiger charge is -2.44. The van der Waals surface area contributed by atoms with Crippen LogP contribution in [0.25, 0.3) is 0 Å². The van der Waals surface area contributed by atoms with E-state index in [1.807, 2.05) is 29.2 Å². The van der Waals surface area contributed by atoms with E-state index in [0.29, 0.717) is 6.42 Å². The number of hydrogen-bond acceptors (Lipinski definition) is 4. The Morgan fingerprint density at radius 1 is 1.00 bits per heavy atom. The standard InChI is InChI=1S/C18H24N4O2/c23-16-6-3-9-22(16)13-12-21-10-7-18(8-11-21)17(24)19-14-4-1-2-5-15(14)20-18/h1-2,4-5,20H,3,6-13H2,(H,19,24). The van der Waals surface area contributed by atoms with Crippen LogP contribution in [-0.4, -0.2) is 59.9 Å². The van der Waals surface area contributed by atoms with Crippen LogP contribution in [0.2, 0.25) is 0 Å². The lowest BCUT2D eigenvalue weighted by molar-refractivity contribution is -0.127. The van der Waals surface area contributed by atoms with Gasteiger partial charge in [0, 0.05) is 39.1 Å². The Bertz CT molecular complexity index is 652. The Morgan fingerprint density at radius 3 is 2.46 bits per heavy atom. The molecule has 2 fully saturated rings. The van der Waals surface area contributed by atoms with Crippen molar-refractivity contribution in [3.05, 3.63) is 24.3 Å². The minimum absolute atomic E-state index is 0.0792. The molecule has 128 valence electrons. The summed E-state index contributed by atoms with van der Waals surface area (Å²) in [5.74, 6) is 0.365. The van der Waals surface area contributed by atoms with E-state index < -0.39 is 5.54 Å². The van der Waals surface area contributed by atoms with Crippen molar-refractivity contribution in [1.29, 1.82) is 0 Å². The third kappa shape index (κ3) is 2.75. The highest BCUT2D eigenvalue weighted by molar-refractivity contribution is 6.06. The molecule has 24 heavy (non-hydrogen) atoms. The summed E-state index contributed by atoms with van der Waals surface area (Å²) in [4.78, 5) is 28.6. The number of piperidine rings is 1. The summed E-state index contributed by atoms with van der Waals surface area (Å²) in [6, 6.07) is 7.86. The Morgan fingerprint density at radius 2 is 1.75 bits per heavy atom. The van der Waals surface area contributed by atoms with Crippen molar-refractivity contribution in [3.63, 3.8) is 0 Å². The molecule has 0 bridgehead atoms. The fourth-order valence-electron chi connectivity index (χ4n) is 3.97. The molecule has 0 atom stereocenters. The van der Waals surface area contributed by atoms with Gasteiger partial charge in [-0.05, 0) is 31.4 Å². The summed E-state index contributed by atoms with van der Waals surface area (Å²) in [7, 11) is 0. The van der Waals surface area contributed by atoms with Crippen LogP contribution < -0.4 is 10.6 Å². The van der Waals surface area contributed by atoms with E-state index in [0.717, 1.165) is 63.4 Å². The molecule has 6 heteroatoms. The first kappa shape index (κ1) is 15.4. The highest BCUT2D eigenvalue weighted by Crippen LogP contribution is 2.36. The highest BCUT2D eigenvalue weighted by Gasteiger charge is 2.44. The molecule has 1 spiro atoms. The zero-order valence-corrected chi connectivity index (χ0v) is 13.9. The van der Waals surface area contributed by atoms with Crippen molar-refractivity contribution in [2.24, 2.45) is 0 Å². The Labute approximate surface area is 142 Å². The van der Waals surface area contributed by atoms with E-state index >= 15 is 0 Å². The van der Waals surface area contributed by atoms with Gasteiger partial charge in [-0.1, -0.05) is 12.1 Å². The topological polar surface area (TPSA) is 64.7 Å². The number of carbonyl (C=O) groups excluding carboxylic acids is 2. The number of nitrogens with zero attached hydrogens (tertiary/aromatic N) is 2. The maximum atomic E-state index is 12.6. The quantitative estimate of drug-likeness (QED) is 0.883. The van der Waals surface area contributed by atoms with Crippen LogP contribution in [0.5, 0.6) is 0 Å². The molecule has 2 saturated heterocycles. The molecule has 2 amide bonds. The second-order valence-electron chi connectivity index (χ2n) is 7.03. The molecule has 0 aromatic heterocycles. The van der Waals surface area contributed by atoms with E-state index in [1.54, 1.807) is 0 Å². The number of fused-ring (bicyclic) bond motifs is 1. The van der Waals surface area contributed by atoms with Gasteiger partial charge in [0.15, 0.2) is 0 Å². The van der Waals surface area contributed by atoms with Crippen LogP contribution in [0.3, 0.4) is 0 Å². The van der Waals surface area contributed by atoms with E-state index in [-0.39, 0.29) is 11.8 Å². The van der Waals surface area contributed by atoms with Crippen molar-refractivity contribution >= 4 is 23.2 Å². The summed E-state index contributed by atoms with van der Waals surface area (Å²) < 4.78 is 0. The zero-order valence-electron chi connectivity index (χ0n) is 13.9. The van der Waals surface area contributed by atoms with Crippen LogP contribution >= 0.6 is 0 Å². The van der Waals surface area contributed by atoms with Gasteiger partial charge in [-0.2, -0.15) is 0 Å². The van der Waals surface area contributed by atoms with Crippen LogP contribution in [0, 0.1) is 0 Å². The second kappa shape index (κ2) is 6.09. The molecule has 0 saturated carbocycles. The first-order valence-electron chi connectivity index (χ1n) is 8.85. The molecule has 1 aromatic carbocycles. The first-order valence-corrected chi connectivity index (χ1v) is 8.85. The number of amides is 2. The van der Waals surface area contributed by atoms with Crippen LogP contribution in [0.1, 0.15) is 25.7 Å². The second-order valence-corrected chi connectivity index (χ2v) is 7.03. The van der Waals surface area contributed by atoms with E-state index in [4.69, 9.17) is 0 Å². The van der Waals surface area contributed by atoms with Gasteiger partial charge in [0.05, 0.1) is 11.4 Å². The van der Waals surface area contributed by atoms with Gasteiger partial charge in [-0.25, -0.2) is 0 Å². The van der Waals surface area contributed by atoms with Gasteiger partial charge in [-0.3, -0.25) is 9.59 Å². The highest BCUT2D eigenvalue weighted by atomic mass is 16.2. The minimum Gasteiger partial charge on any atom is -0.369 e. The molecule has 3 aliphatic heterocycles. The van der Waals surface area contributed by atoms with Crippen LogP contribution in [0.4, 0.5) is 11.4 Å². The molecule has 4 rings (SSSR count). The summed E-state index contributed by atoms with van der Waals surface area (Å²) in [6.45, 7) is 4.38. The molecule has 0 aliphatic carbocycles. The molecule has 3 aliphatic rings. The van der Waals surface area contributed by atoms with Crippen molar-refractivity contribution in [2.75, 3.05) is 43.4 Å².